The van der Waals surface area contributed by atoms with Gasteiger partial charge in [0.05, 0.1) is 0 Å². The van der Waals surface area contributed by atoms with Crippen molar-refractivity contribution in [1.82, 2.24) is 5.32 Å². The van der Waals surface area contributed by atoms with Crippen LogP contribution >= 0.6 is 27.5 Å². The molecule has 2 aromatic rings. The third-order valence-electron chi connectivity index (χ3n) is 2.77. The first kappa shape index (κ1) is 16.6. The molecule has 0 heterocycles. The molecule has 0 atom stereocenters. The summed E-state index contributed by atoms with van der Waals surface area (Å²) in [5, 5.41) is 3.32. The van der Waals surface area contributed by atoms with Crippen molar-refractivity contribution in [2.75, 3.05) is 6.54 Å². The summed E-state index contributed by atoms with van der Waals surface area (Å²) in [4.78, 5) is 11.5. The van der Waals surface area contributed by atoms with E-state index in [0.29, 0.717) is 11.6 Å². The van der Waals surface area contributed by atoms with Crippen LogP contribution in [0.4, 0.5) is 4.79 Å². The zero-order valence-electron chi connectivity index (χ0n) is 11.8. The highest BCUT2D eigenvalue weighted by Crippen LogP contribution is 2.20. The standard InChI is InChI=1S/C17H15BrClNO2/c18-15-9-14(10-16(19)11-15)7-4-8-20-17(21)22-12-13-5-2-1-3-6-13/h1-7,9-11H,8,12H2,(H,20,21). The van der Waals surface area contributed by atoms with Gasteiger partial charge in [-0.05, 0) is 29.3 Å². The van der Waals surface area contributed by atoms with E-state index in [4.69, 9.17) is 16.3 Å². The Morgan fingerprint density at radius 2 is 2.00 bits per heavy atom. The Hall–Kier alpha value is -1.78. The number of carbonyl (C=O) groups is 1. The van der Waals surface area contributed by atoms with Crippen LogP contribution in [0, 0.1) is 0 Å². The van der Waals surface area contributed by atoms with Gasteiger partial charge in [-0.25, -0.2) is 4.79 Å². The highest BCUT2D eigenvalue weighted by atomic mass is 79.9. The number of nitrogens with one attached hydrogen (secondary N) is 1. The summed E-state index contributed by atoms with van der Waals surface area (Å²) >= 11 is 9.34. The Kier molecular flexibility index (Phi) is 6.49. The summed E-state index contributed by atoms with van der Waals surface area (Å²) < 4.78 is 6.02. The Balaban J connectivity index is 1.73. The van der Waals surface area contributed by atoms with E-state index < -0.39 is 6.09 Å². The third kappa shape index (κ3) is 5.92. The average Bonchev–Trinajstić information content (AvgIpc) is 2.50. The van der Waals surface area contributed by atoms with Crippen LogP contribution in [-0.4, -0.2) is 12.6 Å². The molecule has 0 spiro atoms. The van der Waals surface area contributed by atoms with Gasteiger partial charge in [-0.2, -0.15) is 0 Å². The van der Waals surface area contributed by atoms with Gasteiger partial charge in [-0.1, -0.05) is 70.0 Å². The summed E-state index contributed by atoms with van der Waals surface area (Å²) in [7, 11) is 0. The van der Waals surface area contributed by atoms with E-state index >= 15 is 0 Å². The fraction of sp³-hybridized carbons (Fsp3) is 0.118. The van der Waals surface area contributed by atoms with E-state index in [1.165, 1.54) is 0 Å². The maximum atomic E-state index is 11.5. The van der Waals surface area contributed by atoms with Gasteiger partial charge in [-0.3, -0.25) is 0 Å². The summed E-state index contributed by atoms with van der Waals surface area (Å²) in [6.45, 7) is 0.648. The molecule has 1 N–H and O–H groups in total. The van der Waals surface area contributed by atoms with Crippen molar-refractivity contribution in [3.8, 4) is 0 Å². The van der Waals surface area contributed by atoms with Crippen LogP contribution in [0.25, 0.3) is 6.08 Å². The van der Waals surface area contributed by atoms with Crippen molar-refractivity contribution in [3.05, 3.63) is 75.2 Å². The van der Waals surface area contributed by atoms with Crippen molar-refractivity contribution in [1.29, 1.82) is 0 Å². The summed E-state index contributed by atoms with van der Waals surface area (Å²) in [6, 6.07) is 15.1. The van der Waals surface area contributed by atoms with Crippen molar-refractivity contribution in [2.24, 2.45) is 0 Å². The van der Waals surface area contributed by atoms with Gasteiger partial charge in [0.15, 0.2) is 0 Å². The van der Waals surface area contributed by atoms with E-state index in [1.807, 2.05) is 60.7 Å². The number of carbonyl (C=O) groups excluding carboxylic acids is 1. The van der Waals surface area contributed by atoms with Gasteiger partial charge < -0.3 is 10.1 Å². The number of hydrogen-bond acceptors (Lipinski definition) is 2. The molecule has 3 nitrogen and oxygen atoms in total. The molecule has 0 bridgehead atoms. The quantitative estimate of drug-likeness (QED) is 0.789. The zero-order valence-corrected chi connectivity index (χ0v) is 14.1. The van der Waals surface area contributed by atoms with Gasteiger partial charge in [-0.15, -0.1) is 0 Å². The van der Waals surface area contributed by atoms with E-state index in [0.717, 1.165) is 15.6 Å². The number of ether oxygens (including phenoxy) is 1. The van der Waals surface area contributed by atoms with Crippen molar-refractivity contribution in [3.63, 3.8) is 0 Å². The van der Waals surface area contributed by atoms with Crippen LogP contribution in [0.3, 0.4) is 0 Å². The molecule has 114 valence electrons. The summed E-state index contributed by atoms with van der Waals surface area (Å²) in [5.41, 5.74) is 1.91. The molecule has 5 heteroatoms. The molecule has 0 aliphatic heterocycles. The Morgan fingerprint density at radius 3 is 2.73 bits per heavy atom. The van der Waals surface area contributed by atoms with E-state index in [9.17, 15) is 4.79 Å². The maximum absolute atomic E-state index is 11.5. The second-order valence-corrected chi connectivity index (χ2v) is 5.90. The van der Waals surface area contributed by atoms with Crippen molar-refractivity contribution >= 4 is 39.7 Å². The molecule has 0 aliphatic carbocycles. The number of hydrogen-bond donors (Lipinski definition) is 1. The monoisotopic (exact) mass is 379 g/mol. The van der Waals surface area contributed by atoms with Gasteiger partial charge in [0.1, 0.15) is 6.61 Å². The van der Waals surface area contributed by atoms with Crippen LogP contribution in [0.5, 0.6) is 0 Å². The lowest BCUT2D eigenvalue weighted by atomic mass is 10.2. The van der Waals surface area contributed by atoms with Crippen LogP contribution in [-0.2, 0) is 11.3 Å². The molecule has 2 rings (SSSR count). The topological polar surface area (TPSA) is 38.3 Å². The molecule has 0 unspecified atom stereocenters. The van der Waals surface area contributed by atoms with Gasteiger partial charge in [0, 0.05) is 16.0 Å². The highest BCUT2D eigenvalue weighted by Gasteiger charge is 2.00. The smallest absolute Gasteiger partial charge is 0.407 e. The van der Waals surface area contributed by atoms with E-state index in [1.54, 1.807) is 0 Å². The number of amides is 1. The largest absolute Gasteiger partial charge is 0.445 e. The third-order valence-corrected chi connectivity index (χ3v) is 3.45. The van der Waals surface area contributed by atoms with E-state index in [2.05, 4.69) is 21.2 Å². The van der Waals surface area contributed by atoms with Crippen molar-refractivity contribution < 1.29 is 9.53 Å². The fourth-order valence-electron chi connectivity index (χ4n) is 1.78. The molecule has 0 aliphatic rings. The SMILES string of the molecule is O=C(NCC=Cc1cc(Cl)cc(Br)c1)OCc1ccccc1. The van der Waals surface area contributed by atoms with Crippen LogP contribution in [0.1, 0.15) is 11.1 Å². The summed E-state index contributed by atoms with van der Waals surface area (Å²) in [6.07, 6.45) is 3.27. The molecule has 0 aromatic heterocycles. The predicted molar refractivity (Wildman–Crippen MR) is 92.8 cm³/mol. The number of halogens is 2. The molecular formula is C17H15BrClNO2. The van der Waals surface area contributed by atoms with Crippen molar-refractivity contribution in [2.45, 2.75) is 6.61 Å². The minimum Gasteiger partial charge on any atom is -0.445 e. The van der Waals surface area contributed by atoms with Crippen LogP contribution < -0.4 is 5.32 Å². The van der Waals surface area contributed by atoms with Gasteiger partial charge in [0.2, 0.25) is 0 Å². The van der Waals surface area contributed by atoms with Crippen LogP contribution in [0.15, 0.2) is 59.1 Å². The second kappa shape index (κ2) is 8.61. The number of rotatable bonds is 5. The molecule has 0 radical (unpaired) electrons. The first-order valence-corrected chi connectivity index (χ1v) is 7.88. The molecule has 0 saturated carbocycles. The normalized spacial score (nSPS) is 10.6. The zero-order chi connectivity index (χ0) is 15.8. The molecular weight excluding hydrogens is 366 g/mol. The molecule has 2 aromatic carbocycles. The van der Waals surface area contributed by atoms with E-state index in [-0.39, 0.29) is 6.61 Å². The highest BCUT2D eigenvalue weighted by molar-refractivity contribution is 9.10. The predicted octanol–water partition coefficient (Wildman–Crippen LogP) is 5.04. The Morgan fingerprint density at radius 1 is 1.23 bits per heavy atom. The van der Waals surface area contributed by atoms with Crippen LogP contribution in [0.2, 0.25) is 5.02 Å². The van der Waals surface area contributed by atoms with Gasteiger partial charge in [0.25, 0.3) is 0 Å². The minimum atomic E-state index is -0.444. The first-order chi connectivity index (χ1) is 10.6. The lowest BCUT2D eigenvalue weighted by molar-refractivity contribution is 0.141. The molecule has 0 fully saturated rings. The second-order valence-electron chi connectivity index (χ2n) is 4.55. The van der Waals surface area contributed by atoms with Gasteiger partial charge >= 0.3 is 6.09 Å². The lowest BCUT2D eigenvalue weighted by Gasteiger charge is -2.05. The first-order valence-electron chi connectivity index (χ1n) is 6.70. The average molecular weight is 381 g/mol. The lowest BCUT2D eigenvalue weighted by Crippen LogP contribution is -2.24. The molecule has 22 heavy (non-hydrogen) atoms. The minimum absolute atomic E-state index is 0.262. The fourth-order valence-corrected chi connectivity index (χ4v) is 2.67. The maximum Gasteiger partial charge on any atom is 0.407 e. The Bertz CT molecular complexity index is 639. The molecule has 0 saturated heterocycles. The summed E-state index contributed by atoms with van der Waals surface area (Å²) in [5.74, 6) is 0. The Labute approximate surface area is 143 Å². The number of benzene rings is 2. The molecule has 1 amide bonds. The number of alkyl carbamates (subject to hydrolysis) is 1.